The third kappa shape index (κ3) is 5.53. The molecule has 2 atom stereocenters. The minimum absolute atomic E-state index is 0.0586. The summed E-state index contributed by atoms with van der Waals surface area (Å²) in [5.74, 6) is 1.99. The fourth-order valence-corrected chi connectivity index (χ4v) is 4.14. The predicted molar refractivity (Wildman–Crippen MR) is 113 cm³/mol. The van der Waals surface area contributed by atoms with Crippen LogP contribution in [-0.4, -0.2) is 46.0 Å². The second-order valence-corrected chi connectivity index (χ2v) is 8.34. The second kappa shape index (κ2) is 9.82. The molecule has 2 amide bonds. The van der Waals surface area contributed by atoms with Gasteiger partial charge in [0, 0.05) is 12.6 Å². The zero-order valence-electron chi connectivity index (χ0n) is 17.0. The van der Waals surface area contributed by atoms with E-state index in [-0.39, 0.29) is 28.9 Å². The molecule has 7 nitrogen and oxygen atoms in total. The standard InChI is InChI=1S/C21H27N3O4S/c1-4-27-17-9-7-16(8-10-17)18-6-5-11-24(18)20(25)13-29-15(3)21(26)22-19-12-14(2)28-23-19/h7-10,12,15,18H,4-6,11,13H2,1-3H3,(H,22,23,26). The van der Waals surface area contributed by atoms with Gasteiger partial charge >= 0.3 is 0 Å². The van der Waals surface area contributed by atoms with Gasteiger partial charge in [-0.1, -0.05) is 17.3 Å². The Labute approximate surface area is 175 Å². The Balaban J connectivity index is 1.53. The summed E-state index contributed by atoms with van der Waals surface area (Å²) >= 11 is 1.33. The zero-order valence-corrected chi connectivity index (χ0v) is 17.8. The first-order valence-corrected chi connectivity index (χ1v) is 10.9. The summed E-state index contributed by atoms with van der Waals surface area (Å²) in [5, 5.41) is 6.09. The van der Waals surface area contributed by atoms with E-state index >= 15 is 0 Å². The summed E-state index contributed by atoms with van der Waals surface area (Å²) in [4.78, 5) is 27.0. The van der Waals surface area contributed by atoms with Crippen LogP contribution in [-0.2, 0) is 9.59 Å². The molecular weight excluding hydrogens is 390 g/mol. The molecule has 1 aliphatic heterocycles. The number of carbonyl (C=O) groups excluding carboxylic acids is 2. The number of aryl methyl sites for hydroxylation is 1. The molecule has 156 valence electrons. The van der Waals surface area contributed by atoms with Crippen LogP contribution in [0.5, 0.6) is 5.75 Å². The van der Waals surface area contributed by atoms with Crippen molar-refractivity contribution in [2.75, 3.05) is 24.2 Å². The van der Waals surface area contributed by atoms with Crippen LogP contribution in [0, 0.1) is 6.92 Å². The van der Waals surface area contributed by atoms with Gasteiger partial charge in [-0.15, -0.1) is 11.8 Å². The molecule has 0 bridgehead atoms. The number of benzene rings is 1. The van der Waals surface area contributed by atoms with Crippen molar-refractivity contribution in [1.29, 1.82) is 0 Å². The van der Waals surface area contributed by atoms with Crippen LogP contribution in [0.1, 0.15) is 44.1 Å². The molecular formula is C21H27N3O4S. The van der Waals surface area contributed by atoms with Crippen LogP contribution in [0.2, 0.25) is 0 Å². The predicted octanol–water partition coefficient (Wildman–Crippen LogP) is 3.81. The summed E-state index contributed by atoms with van der Waals surface area (Å²) < 4.78 is 10.4. The number of aromatic nitrogens is 1. The highest BCUT2D eigenvalue weighted by Crippen LogP contribution is 2.33. The normalized spacial score (nSPS) is 17.2. The number of ether oxygens (including phenoxy) is 1. The Hall–Kier alpha value is -2.48. The quantitative estimate of drug-likeness (QED) is 0.703. The maximum Gasteiger partial charge on any atom is 0.238 e. The van der Waals surface area contributed by atoms with Crippen molar-refractivity contribution in [2.45, 2.75) is 44.9 Å². The highest BCUT2D eigenvalue weighted by molar-refractivity contribution is 8.01. The second-order valence-electron chi connectivity index (χ2n) is 7.01. The van der Waals surface area contributed by atoms with Crippen LogP contribution in [0.4, 0.5) is 5.82 Å². The van der Waals surface area contributed by atoms with Gasteiger partial charge in [0.15, 0.2) is 5.82 Å². The third-order valence-electron chi connectivity index (χ3n) is 4.85. The van der Waals surface area contributed by atoms with Crippen molar-refractivity contribution >= 4 is 29.4 Å². The Kier molecular flexibility index (Phi) is 7.19. The fraction of sp³-hybridized carbons (Fsp3) is 0.476. The van der Waals surface area contributed by atoms with Crippen LogP contribution in [0.25, 0.3) is 0 Å². The Morgan fingerprint density at radius 3 is 2.79 bits per heavy atom. The average Bonchev–Trinajstić information content (AvgIpc) is 3.36. The molecule has 1 saturated heterocycles. The minimum Gasteiger partial charge on any atom is -0.494 e. The Morgan fingerprint density at radius 1 is 1.38 bits per heavy atom. The summed E-state index contributed by atoms with van der Waals surface area (Å²) in [6.07, 6.45) is 1.93. The molecule has 0 saturated carbocycles. The van der Waals surface area contributed by atoms with Crippen molar-refractivity contribution in [2.24, 2.45) is 0 Å². The fourth-order valence-electron chi connectivity index (χ4n) is 3.37. The van der Waals surface area contributed by atoms with E-state index in [4.69, 9.17) is 9.26 Å². The summed E-state index contributed by atoms with van der Waals surface area (Å²) in [6.45, 7) is 6.88. The lowest BCUT2D eigenvalue weighted by molar-refractivity contribution is -0.129. The van der Waals surface area contributed by atoms with E-state index in [0.717, 1.165) is 30.7 Å². The smallest absolute Gasteiger partial charge is 0.238 e. The van der Waals surface area contributed by atoms with E-state index in [1.165, 1.54) is 11.8 Å². The zero-order chi connectivity index (χ0) is 20.8. The number of hydrogen-bond acceptors (Lipinski definition) is 6. The van der Waals surface area contributed by atoms with Crippen LogP contribution in [0.15, 0.2) is 34.9 Å². The molecule has 1 aromatic carbocycles. The lowest BCUT2D eigenvalue weighted by Gasteiger charge is -2.25. The van der Waals surface area contributed by atoms with Gasteiger partial charge in [0.05, 0.1) is 23.7 Å². The first-order chi connectivity index (χ1) is 14.0. The number of likely N-dealkylation sites (tertiary alicyclic amines) is 1. The molecule has 1 aliphatic rings. The molecule has 1 fully saturated rings. The molecule has 1 aromatic heterocycles. The molecule has 29 heavy (non-hydrogen) atoms. The topological polar surface area (TPSA) is 84.7 Å². The maximum absolute atomic E-state index is 12.8. The number of nitrogens with one attached hydrogen (secondary N) is 1. The highest BCUT2D eigenvalue weighted by Gasteiger charge is 2.30. The average molecular weight is 418 g/mol. The van der Waals surface area contributed by atoms with Gasteiger partial charge in [-0.25, -0.2) is 0 Å². The number of amides is 2. The molecule has 8 heteroatoms. The maximum atomic E-state index is 12.8. The molecule has 3 rings (SSSR count). The van der Waals surface area contributed by atoms with E-state index in [1.54, 1.807) is 19.9 Å². The number of anilines is 1. The van der Waals surface area contributed by atoms with Gasteiger partial charge in [-0.3, -0.25) is 9.59 Å². The summed E-state index contributed by atoms with van der Waals surface area (Å²) in [7, 11) is 0. The number of thioether (sulfide) groups is 1. The Bertz CT molecular complexity index is 837. The highest BCUT2D eigenvalue weighted by atomic mass is 32.2. The molecule has 2 aromatic rings. The monoisotopic (exact) mass is 417 g/mol. The summed E-state index contributed by atoms with van der Waals surface area (Å²) in [6, 6.07) is 9.71. The first kappa shape index (κ1) is 21.2. The van der Waals surface area contributed by atoms with Gasteiger partial charge in [0.2, 0.25) is 11.8 Å². The largest absolute Gasteiger partial charge is 0.494 e. The van der Waals surface area contributed by atoms with E-state index in [0.29, 0.717) is 18.2 Å². The third-order valence-corrected chi connectivity index (χ3v) is 5.98. The number of nitrogens with zero attached hydrogens (tertiary/aromatic N) is 2. The van der Waals surface area contributed by atoms with Gasteiger partial charge < -0.3 is 19.5 Å². The van der Waals surface area contributed by atoms with E-state index < -0.39 is 0 Å². The lowest BCUT2D eigenvalue weighted by Crippen LogP contribution is -2.33. The SMILES string of the molecule is CCOc1ccc(C2CCCN2C(=O)CSC(C)C(=O)Nc2cc(C)on2)cc1. The van der Waals surface area contributed by atoms with Crippen molar-refractivity contribution in [3.05, 3.63) is 41.7 Å². The molecule has 0 spiro atoms. The van der Waals surface area contributed by atoms with Gasteiger partial charge in [-0.2, -0.15) is 0 Å². The van der Waals surface area contributed by atoms with E-state index in [1.807, 2.05) is 36.1 Å². The van der Waals surface area contributed by atoms with Crippen molar-refractivity contribution < 1.29 is 18.8 Å². The van der Waals surface area contributed by atoms with Crippen molar-refractivity contribution in [1.82, 2.24) is 10.1 Å². The molecule has 0 radical (unpaired) electrons. The molecule has 2 unspecified atom stereocenters. The molecule has 2 heterocycles. The first-order valence-electron chi connectivity index (χ1n) is 9.86. The van der Waals surface area contributed by atoms with Crippen LogP contribution >= 0.6 is 11.8 Å². The van der Waals surface area contributed by atoms with Crippen LogP contribution < -0.4 is 10.1 Å². The minimum atomic E-state index is -0.373. The van der Waals surface area contributed by atoms with E-state index in [2.05, 4.69) is 10.5 Å². The lowest BCUT2D eigenvalue weighted by atomic mass is 10.0. The van der Waals surface area contributed by atoms with Crippen LogP contribution in [0.3, 0.4) is 0 Å². The van der Waals surface area contributed by atoms with E-state index in [9.17, 15) is 9.59 Å². The van der Waals surface area contributed by atoms with Gasteiger partial charge in [0.1, 0.15) is 11.5 Å². The Morgan fingerprint density at radius 2 is 2.14 bits per heavy atom. The number of rotatable bonds is 8. The number of hydrogen-bond donors (Lipinski definition) is 1. The molecule has 1 N–H and O–H groups in total. The number of carbonyl (C=O) groups is 2. The van der Waals surface area contributed by atoms with Gasteiger partial charge in [-0.05, 0) is 51.3 Å². The van der Waals surface area contributed by atoms with Crippen molar-refractivity contribution in [3.8, 4) is 5.75 Å². The van der Waals surface area contributed by atoms with Gasteiger partial charge in [0.25, 0.3) is 0 Å². The molecule has 0 aliphatic carbocycles. The summed E-state index contributed by atoms with van der Waals surface area (Å²) in [5.41, 5.74) is 1.12. The van der Waals surface area contributed by atoms with Crippen molar-refractivity contribution in [3.63, 3.8) is 0 Å².